The van der Waals surface area contributed by atoms with E-state index in [1.54, 1.807) is 13.2 Å². The van der Waals surface area contributed by atoms with Crippen LogP contribution in [0.1, 0.15) is 12.1 Å². The first-order valence-electron chi connectivity index (χ1n) is 8.21. The molecule has 3 rings (SSSR count). The van der Waals surface area contributed by atoms with Crippen molar-refractivity contribution in [3.05, 3.63) is 69.1 Å². The number of hydrogen-bond acceptors (Lipinski definition) is 6. The lowest BCUT2D eigenvalue weighted by Gasteiger charge is -2.05. The zero-order chi connectivity index (χ0) is 19.2. The van der Waals surface area contributed by atoms with Gasteiger partial charge in [0, 0.05) is 36.9 Å². The fourth-order valence-corrected chi connectivity index (χ4v) is 2.41. The van der Waals surface area contributed by atoms with E-state index in [4.69, 9.17) is 9.26 Å². The van der Waals surface area contributed by atoms with E-state index in [2.05, 4.69) is 15.5 Å². The Bertz CT molecular complexity index is 1030. The maximum absolute atomic E-state index is 11.9. The highest BCUT2D eigenvalue weighted by Gasteiger charge is 2.09. The molecule has 0 fully saturated rings. The Labute approximate surface area is 153 Å². The molecule has 0 saturated carbocycles. The molecule has 0 saturated heterocycles. The van der Waals surface area contributed by atoms with Crippen molar-refractivity contribution < 1.29 is 14.1 Å². The predicted molar refractivity (Wildman–Crippen MR) is 96.3 cm³/mol. The summed E-state index contributed by atoms with van der Waals surface area (Å²) in [6.45, 7) is 0.371. The highest BCUT2D eigenvalue weighted by molar-refractivity contribution is 5.75. The second-order valence-electron chi connectivity index (χ2n) is 5.74. The first-order valence-corrected chi connectivity index (χ1v) is 8.21. The molecule has 9 nitrogen and oxygen atoms in total. The summed E-state index contributed by atoms with van der Waals surface area (Å²) in [6, 6.07) is 10.3. The van der Waals surface area contributed by atoms with Crippen molar-refractivity contribution in [2.45, 2.75) is 19.5 Å². The number of carbonyl (C=O) groups is 1. The van der Waals surface area contributed by atoms with Gasteiger partial charge in [-0.05, 0) is 24.3 Å². The smallest absolute Gasteiger partial charge is 0.328 e. The third-order valence-electron chi connectivity index (χ3n) is 3.88. The van der Waals surface area contributed by atoms with Crippen molar-refractivity contribution in [3.63, 3.8) is 0 Å². The Morgan fingerprint density at radius 1 is 1.26 bits per heavy atom. The molecule has 0 atom stereocenters. The van der Waals surface area contributed by atoms with Gasteiger partial charge in [-0.3, -0.25) is 14.6 Å². The van der Waals surface area contributed by atoms with Crippen molar-refractivity contribution in [3.8, 4) is 17.1 Å². The van der Waals surface area contributed by atoms with Crippen molar-refractivity contribution in [2.24, 2.45) is 0 Å². The van der Waals surface area contributed by atoms with Gasteiger partial charge in [0.15, 0.2) is 5.76 Å². The van der Waals surface area contributed by atoms with E-state index in [1.807, 2.05) is 24.3 Å². The van der Waals surface area contributed by atoms with Gasteiger partial charge in [0.1, 0.15) is 11.4 Å². The summed E-state index contributed by atoms with van der Waals surface area (Å²) in [5.41, 5.74) is 0.407. The third-order valence-corrected chi connectivity index (χ3v) is 3.88. The molecule has 140 valence electrons. The molecule has 0 bridgehead atoms. The number of aromatic nitrogens is 3. The molecule has 9 heteroatoms. The van der Waals surface area contributed by atoms with Crippen LogP contribution >= 0.6 is 0 Å². The maximum atomic E-state index is 11.9. The standard InChI is InChI=1S/C18H18N4O5/c1-26-14-4-2-12(3-5-14)15-10-13(21-27-15)11-19-16(23)6-8-22-9-7-17(24)20-18(22)25/h2-5,7,9-10H,6,8,11H2,1H3,(H,19,23)(H,20,24,25). The number of hydrogen-bond donors (Lipinski definition) is 2. The van der Waals surface area contributed by atoms with Gasteiger partial charge in [0.2, 0.25) is 5.91 Å². The van der Waals surface area contributed by atoms with Crippen LogP contribution in [0, 0.1) is 0 Å². The molecule has 0 unspecified atom stereocenters. The number of aryl methyl sites for hydroxylation is 1. The SMILES string of the molecule is COc1ccc(-c2cc(CNC(=O)CCn3ccc(=O)[nH]c3=O)no2)cc1. The first-order chi connectivity index (χ1) is 13.0. The van der Waals surface area contributed by atoms with E-state index in [1.165, 1.54) is 16.8 Å². The summed E-state index contributed by atoms with van der Waals surface area (Å²) in [5.74, 6) is 1.08. The number of ether oxygens (including phenoxy) is 1. The number of amides is 1. The van der Waals surface area contributed by atoms with Gasteiger partial charge in [-0.25, -0.2) is 4.79 Å². The number of H-pyrrole nitrogens is 1. The van der Waals surface area contributed by atoms with Crippen LogP contribution in [0.2, 0.25) is 0 Å². The van der Waals surface area contributed by atoms with Crippen molar-refractivity contribution >= 4 is 5.91 Å². The lowest BCUT2D eigenvalue weighted by molar-refractivity contribution is -0.121. The minimum Gasteiger partial charge on any atom is -0.497 e. The van der Waals surface area contributed by atoms with Gasteiger partial charge in [-0.15, -0.1) is 0 Å². The highest BCUT2D eigenvalue weighted by Crippen LogP contribution is 2.22. The summed E-state index contributed by atoms with van der Waals surface area (Å²) in [6.07, 6.45) is 1.45. The number of rotatable bonds is 7. The van der Waals surface area contributed by atoms with E-state index in [0.717, 1.165) is 11.3 Å². The van der Waals surface area contributed by atoms with Gasteiger partial charge in [-0.1, -0.05) is 5.16 Å². The first kappa shape index (κ1) is 18.2. The minimum atomic E-state index is -0.545. The molecule has 0 aliphatic rings. The Hall–Kier alpha value is -3.62. The number of nitrogens with zero attached hydrogens (tertiary/aromatic N) is 2. The average Bonchev–Trinajstić information content (AvgIpc) is 3.15. The number of aromatic amines is 1. The van der Waals surface area contributed by atoms with E-state index >= 15 is 0 Å². The predicted octanol–water partition coefficient (Wildman–Crippen LogP) is 0.907. The van der Waals surface area contributed by atoms with E-state index in [-0.39, 0.29) is 25.4 Å². The fraction of sp³-hybridized carbons (Fsp3) is 0.222. The highest BCUT2D eigenvalue weighted by atomic mass is 16.5. The second kappa shape index (κ2) is 8.17. The third kappa shape index (κ3) is 4.72. The molecule has 0 aliphatic carbocycles. The maximum Gasteiger partial charge on any atom is 0.328 e. The van der Waals surface area contributed by atoms with Gasteiger partial charge in [-0.2, -0.15) is 0 Å². The van der Waals surface area contributed by atoms with Crippen molar-refractivity contribution in [1.29, 1.82) is 0 Å². The van der Waals surface area contributed by atoms with Crippen LogP contribution < -0.4 is 21.3 Å². The second-order valence-corrected chi connectivity index (χ2v) is 5.74. The quantitative estimate of drug-likeness (QED) is 0.638. The Morgan fingerprint density at radius 2 is 2.04 bits per heavy atom. The van der Waals surface area contributed by atoms with Gasteiger partial charge >= 0.3 is 5.69 Å². The molecular weight excluding hydrogens is 352 g/mol. The number of benzene rings is 1. The normalized spacial score (nSPS) is 10.6. The fourth-order valence-electron chi connectivity index (χ4n) is 2.41. The van der Waals surface area contributed by atoms with Crippen LogP contribution in [-0.2, 0) is 17.9 Å². The van der Waals surface area contributed by atoms with Gasteiger partial charge in [0.05, 0.1) is 13.7 Å². The number of carbonyl (C=O) groups excluding carboxylic acids is 1. The molecular formula is C18H18N4O5. The molecule has 3 aromatic rings. The largest absolute Gasteiger partial charge is 0.497 e. The molecule has 2 N–H and O–H groups in total. The number of methoxy groups -OCH3 is 1. The summed E-state index contributed by atoms with van der Waals surface area (Å²) in [7, 11) is 1.59. The lowest BCUT2D eigenvalue weighted by Crippen LogP contribution is -2.31. The van der Waals surface area contributed by atoms with Crippen LogP contribution in [0.3, 0.4) is 0 Å². The molecule has 1 aromatic carbocycles. The van der Waals surface area contributed by atoms with Gasteiger partial charge < -0.3 is 19.1 Å². The average molecular weight is 370 g/mol. The molecule has 2 aromatic heterocycles. The Kier molecular flexibility index (Phi) is 5.50. The van der Waals surface area contributed by atoms with E-state index < -0.39 is 11.2 Å². The van der Waals surface area contributed by atoms with Crippen molar-refractivity contribution in [1.82, 2.24) is 20.0 Å². The monoisotopic (exact) mass is 370 g/mol. The minimum absolute atomic E-state index is 0.0924. The molecule has 0 aliphatic heterocycles. The molecule has 2 heterocycles. The van der Waals surface area contributed by atoms with E-state index in [0.29, 0.717) is 11.5 Å². The van der Waals surface area contributed by atoms with Crippen LogP contribution in [0.4, 0.5) is 0 Å². The lowest BCUT2D eigenvalue weighted by atomic mass is 10.1. The van der Waals surface area contributed by atoms with Gasteiger partial charge in [0.25, 0.3) is 5.56 Å². The topological polar surface area (TPSA) is 119 Å². The summed E-state index contributed by atoms with van der Waals surface area (Å²) in [5, 5.41) is 6.65. The molecule has 0 radical (unpaired) electrons. The van der Waals surface area contributed by atoms with E-state index in [9.17, 15) is 14.4 Å². The van der Waals surface area contributed by atoms with Crippen LogP contribution in [0.15, 0.2) is 56.7 Å². The summed E-state index contributed by atoms with van der Waals surface area (Å²) in [4.78, 5) is 36.6. The van der Waals surface area contributed by atoms with Crippen LogP contribution in [0.5, 0.6) is 5.75 Å². The summed E-state index contributed by atoms with van der Waals surface area (Å²) >= 11 is 0. The summed E-state index contributed by atoms with van der Waals surface area (Å²) < 4.78 is 11.7. The number of nitrogens with one attached hydrogen (secondary N) is 2. The zero-order valence-corrected chi connectivity index (χ0v) is 14.6. The Balaban J connectivity index is 1.52. The zero-order valence-electron chi connectivity index (χ0n) is 14.6. The molecule has 0 spiro atoms. The van der Waals surface area contributed by atoms with Crippen LogP contribution in [0.25, 0.3) is 11.3 Å². The Morgan fingerprint density at radius 3 is 2.74 bits per heavy atom. The molecule has 27 heavy (non-hydrogen) atoms. The van der Waals surface area contributed by atoms with Crippen LogP contribution in [-0.4, -0.2) is 27.7 Å². The van der Waals surface area contributed by atoms with Crippen molar-refractivity contribution in [2.75, 3.05) is 7.11 Å². The molecule has 1 amide bonds.